The van der Waals surface area contributed by atoms with Crippen LogP contribution in [0.5, 0.6) is 0 Å². The van der Waals surface area contributed by atoms with E-state index in [9.17, 15) is 4.79 Å². The number of hydrogen-bond donors (Lipinski definition) is 2. The number of aliphatic carboxylic acids is 1. The molecule has 0 aromatic carbocycles. The van der Waals surface area contributed by atoms with Gasteiger partial charge in [-0.2, -0.15) is 0 Å². The fourth-order valence-corrected chi connectivity index (χ4v) is 0.748. The number of carboxylic acid groups (broad SMARTS) is 1. The summed E-state index contributed by atoms with van der Waals surface area (Å²) in [4.78, 5) is 10.7. The van der Waals surface area contributed by atoms with Crippen molar-refractivity contribution in [3.8, 4) is 0 Å². The van der Waals surface area contributed by atoms with Gasteiger partial charge in [0, 0.05) is 6.61 Å². The predicted molar refractivity (Wildman–Crippen MR) is 55.2 cm³/mol. The van der Waals surface area contributed by atoms with Crippen LogP contribution >= 0.6 is 0 Å². The van der Waals surface area contributed by atoms with Gasteiger partial charge in [0.2, 0.25) is 0 Å². The maximum absolute atomic E-state index is 10.7. The van der Waals surface area contributed by atoms with Crippen LogP contribution in [0.3, 0.4) is 0 Å². The molecule has 0 spiro atoms. The third-order valence-electron chi connectivity index (χ3n) is 2.45. The molecule has 0 aliphatic heterocycles. The van der Waals surface area contributed by atoms with E-state index >= 15 is 0 Å². The quantitative estimate of drug-likeness (QED) is 0.684. The molecule has 0 aliphatic rings. The van der Waals surface area contributed by atoms with E-state index in [1.165, 1.54) is 6.92 Å². The first-order valence-corrected chi connectivity index (χ1v) is 4.87. The average Bonchev–Trinajstić information content (AvgIpc) is 2.03. The first-order chi connectivity index (χ1) is 6.21. The van der Waals surface area contributed by atoms with Gasteiger partial charge in [0.1, 0.15) is 5.54 Å². The summed E-state index contributed by atoms with van der Waals surface area (Å²) in [6.07, 6.45) is 1.22. The highest BCUT2D eigenvalue weighted by atomic mass is 16.5. The smallest absolute Gasteiger partial charge is 0.323 e. The molecule has 0 saturated carbocycles. The van der Waals surface area contributed by atoms with E-state index in [1.807, 2.05) is 20.8 Å². The second-order valence-electron chi connectivity index (χ2n) is 4.43. The molecule has 0 bridgehead atoms. The minimum atomic E-state index is -1.19. The largest absolute Gasteiger partial charge is 0.480 e. The van der Waals surface area contributed by atoms with Gasteiger partial charge >= 0.3 is 5.97 Å². The van der Waals surface area contributed by atoms with Gasteiger partial charge in [0.05, 0.1) is 5.60 Å². The fraction of sp³-hybridized carbons (Fsp3) is 0.900. The Kier molecular flexibility index (Phi) is 4.55. The molecule has 0 aromatic rings. The van der Waals surface area contributed by atoms with Crippen LogP contribution in [0.4, 0.5) is 0 Å². The lowest BCUT2D eigenvalue weighted by Gasteiger charge is -2.26. The second-order valence-corrected chi connectivity index (χ2v) is 4.43. The van der Waals surface area contributed by atoms with Gasteiger partial charge in [0.25, 0.3) is 0 Å². The zero-order valence-electron chi connectivity index (χ0n) is 9.46. The van der Waals surface area contributed by atoms with E-state index in [-0.39, 0.29) is 5.60 Å². The van der Waals surface area contributed by atoms with Crippen LogP contribution in [0.25, 0.3) is 0 Å². The van der Waals surface area contributed by atoms with E-state index in [0.717, 1.165) is 6.42 Å². The molecule has 0 aromatic heterocycles. The molecule has 0 saturated heterocycles. The SMILES string of the molecule is CCC(C)(C)OCCC(C)(N)C(=O)O. The molecule has 0 rings (SSSR count). The van der Waals surface area contributed by atoms with Gasteiger partial charge in [-0.25, -0.2) is 0 Å². The lowest BCUT2D eigenvalue weighted by Crippen LogP contribution is -2.46. The Morgan fingerprint density at radius 1 is 1.43 bits per heavy atom. The Balaban J connectivity index is 3.91. The van der Waals surface area contributed by atoms with Gasteiger partial charge < -0.3 is 15.6 Å². The van der Waals surface area contributed by atoms with Crippen molar-refractivity contribution in [2.45, 2.75) is 51.7 Å². The molecule has 4 nitrogen and oxygen atoms in total. The minimum Gasteiger partial charge on any atom is -0.480 e. The van der Waals surface area contributed by atoms with Crippen molar-refractivity contribution in [2.75, 3.05) is 6.61 Å². The van der Waals surface area contributed by atoms with Crippen LogP contribution in [0.2, 0.25) is 0 Å². The van der Waals surface area contributed by atoms with E-state index in [0.29, 0.717) is 13.0 Å². The van der Waals surface area contributed by atoms with E-state index < -0.39 is 11.5 Å². The lowest BCUT2D eigenvalue weighted by atomic mass is 10.00. The van der Waals surface area contributed by atoms with Gasteiger partial charge in [-0.05, 0) is 33.6 Å². The molecule has 0 radical (unpaired) electrons. The maximum Gasteiger partial charge on any atom is 0.323 e. The molecule has 1 atom stereocenters. The highest BCUT2D eigenvalue weighted by Crippen LogP contribution is 2.15. The van der Waals surface area contributed by atoms with Crippen LogP contribution in [0.1, 0.15) is 40.5 Å². The Morgan fingerprint density at radius 2 is 1.93 bits per heavy atom. The molecule has 0 amide bonds. The summed E-state index contributed by atoms with van der Waals surface area (Å²) in [6, 6.07) is 0. The Labute approximate surface area is 85.4 Å². The van der Waals surface area contributed by atoms with Gasteiger partial charge in [-0.3, -0.25) is 4.79 Å². The van der Waals surface area contributed by atoms with E-state index in [1.54, 1.807) is 0 Å². The summed E-state index contributed by atoms with van der Waals surface area (Å²) >= 11 is 0. The number of ether oxygens (including phenoxy) is 1. The first-order valence-electron chi connectivity index (χ1n) is 4.87. The monoisotopic (exact) mass is 203 g/mol. The summed E-state index contributed by atoms with van der Waals surface area (Å²) < 4.78 is 5.52. The molecular formula is C10H21NO3. The summed E-state index contributed by atoms with van der Waals surface area (Å²) in [5.41, 5.74) is 4.16. The van der Waals surface area contributed by atoms with E-state index in [4.69, 9.17) is 15.6 Å². The number of hydrogen-bond acceptors (Lipinski definition) is 3. The lowest BCUT2D eigenvalue weighted by molar-refractivity contribution is -0.144. The molecule has 1 unspecified atom stereocenters. The average molecular weight is 203 g/mol. The van der Waals surface area contributed by atoms with Crippen molar-refractivity contribution in [2.24, 2.45) is 5.73 Å². The second kappa shape index (κ2) is 4.75. The minimum absolute atomic E-state index is 0.200. The Morgan fingerprint density at radius 3 is 2.29 bits per heavy atom. The molecule has 84 valence electrons. The van der Waals surface area contributed by atoms with Crippen LogP contribution < -0.4 is 5.73 Å². The third-order valence-corrected chi connectivity index (χ3v) is 2.45. The number of carboxylic acids is 1. The molecule has 0 aliphatic carbocycles. The summed E-state index contributed by atoms with van der Waals surface area (Å²) in [5.74, 6) is -0.990. The number of rotatable bonds is 6. The van der Waals surface area contributed by atoms with Gasteiger partial charge in [-0.15, -0.1) is 0 Å². The van der Waals surface area contributed by atoms with Crippen molar-refractivity contribution in [1.82, 2.24) is 0 Å². The van der Waals surface area contributed by atoms with Crippen LogP contribution in [-0.4, -0.2) is 28.8 Å². The molecule has 0 fully saturated rings. The third kappa shape index (κ3) is 4.58. The number of nitrogens with two attached hydrogens (primary N) is 1. The van der Waals surface area contributed by atoms with Crippen molar-refractivity contribution < 1.29 is 14.6 Å². The van der Waals surface area contributed by atoms with Gasteiger partial charge in [0.15, 0.2) is 0 Å². The Hall–Kier alpha value is -0.610. The van der Waals surface area contributed by atoms with Crippen LogP contribution in [0, 0.1) is 0 Å². The summed E-state index contributed by atoms with van der Waals surface area (Å²) in [5, 5.41) is 8.75. The zero-order chi connectivity index (χ0) is 11.4. The molecule has 4 heteroatoms. The van der Waals surface area contributed by atoms with Crippen molar-refractivity contribution >= 4 is 5.97 Å². The first kappa shape index (κ1) is 13.4. The molecular weight excluding hydrogens is 182 g/mol. The van der Waals surface area contributed by atoms with Crippen LogP contribution in [-0.2, 0) is 9.53 Å². The Bertz CT molecular complexity index is 200. The predicted octanol–water partition coefficient (Wildman–Crippen LogP) is 1.38. The van der Waals surface area contributed by atoms with Crippen molar-refractivity contribution in [1.29, 1.82) is 0 Å². The topological polar surface area (TPSA) is 72.5 Å². The highest BCUT2D eigenvalue weighted by molar-refractivity contribution is 5.77. The highest BCUT2D eigenvalue weighted by Gasteiger charge is 2.28. The van der Waals surface area contributed by atoms with Crippen molar-refractivity contribution in [3.63, 3.8) is 0 Å². The number of carbonyl (C=O) groups is 1. The standard InChI is InChI=1S/C10H21NO3/c1-5-9(2,3)14-7-6-10(4,11)8(12)13/h5-7,11H2,1-4H3,(H,12,13). The normalized spacial score (nSPS) is 16.4. The molecule has 3 N–H and O–H groups in total. The van der Waals surface area contributed by atoms with Gasteiger partial charge in [-0.1, -0.05) is 6.92 Å². The van der Waals surface area contributed by atoms with E-state index in [2.05, 4.69) is 0 Å². The van der Waals surface area contributed by atoms with Crippen molar-refractivity contribution in [3.05, 3.63) is 0 Å². The fourth-order valence-electron chi connectivity index (χ4n) is 0.748. The van der Waals surface area contributed by atoms with Crippen LogP contribution in [0.15, 0.2) is 0 Å². The maximum atomic E-state index is 10.7. The summed E-state index contributed by atoms with van der Waals surface area (Å²) in [6.45, 7) is 7.85. The molecule has 0 heterocycles. The summed E-state index contributed by atoms with van der Waals surface area (Å²) in [7, 11) is 0. The molecule has 14 heavy (non-hydrogen) atoms. The zero-order valence-corrected chi connectivity index (χ0v) is 9.46.